The predicted octanol–water partition coefficient (Wildman–Crippen LogP) is 5.63. The number of Topliss-reactive ketones (excluding diaryl/α,β-unsaturated/α-hetero) is 1. The van der Waals surface area contributed by atoms with Gasteiger partial charge >= 0.3 is 0 Å². The van der Waals surface area contributed by atoms with Gasteiger partial charge in [0.25, 0.3) is 0 Å². The van der Waals surface area contributed by atoms with Gasteiger partial charge in [-0.05, 0) is 82.3 Å². The van der Waals surface area contributed by atoms with Crippen LogP contribution in [0.5, 0.6) is 5.75 Å². The van der Waals surface area contributed by atoms with Crippen molar-refractivity contribution in [1.29, 1.82) is 0 Å². The molecule has 0 radical (unpaired) electrons. The van der Waals surface area contributed by atoms with Crippen LogP contribution in [0.2, 0.25) is 0 Å². The maximum Gasteiger partial charge on any atom is 0.169 e. The zero-order valence-electron chi connectivity index (χ0n) is 19.3. The molecule has 4 aromatic rings. The average molecular weight is 461 g/mol. The van der Waals surface area contributed by atoms with Gasteiger partial charge in [0.1, 0.15) is 18.2 Å². The van der Waals surface area contributed by atoms with E-state index in [2.05, 4.69) is 48.6 Å². The summed E-state index contributed by atoms with van der Waals surface area (Å²) in [6.07, 6.45) is 6.84. The molecule has 2 aliphatic rings. The minimum atomic E-state index is -0.327. The molecule has 35 heavy (non-hydrogen) atoms. The van der Waals surface area contributed by atoms with Crippen molar-refractivity contribution in [2.75, 3.05) is 0 Å². The molecule has 1 atom stereocenters. The first-order chi connectivity index (χ1) is 17.2. The van der Waals surface area contributed by atoms with Crippen molar-refractivity contribution in [2.24, 2.45) is 5.92 Å². The first-order valence-electron chi connectivity index (χ1n) is 12.1. The Morgan fingerprint density at radius 2 is 1.69 bits per heavy atom. The Hall–Kier alpha value is -3.98. The number of ketones is 1. The number of halogens is 1. The van der Waals surface area contributed by atoms with E-state index in [9.17, 15) is 9.18 Å². The fraction of sp³-hybridized carbons (Fsp3) is 0.156. The van der Waals surface area contributed by atoms with E-state index in [4.69, 9.17) is 4.74 Å². The SMILES string of the molecule is O=C(c1ccc(F)cc1)C1C=c2c(ccc3c2=CCc2cccc(OCc4ccccc4)c2-3)CC1. The summed E-state index contributed by atoms with van der Waals surface area (Å²) in [5.41, 5.74) is 6.51. The molecule has 0 saturated heterocycles. The van der Waals surface area contributed by atoms with E-state index >= 15 is 0 Å². The van der Waals surface area contributed by atoms with Crippen LogP contribution < -0.4 is 15.2 Å². The number of carbonyl (C=O) groups is 1. The predicted molar refractivity (Wildman–Crippen MR) is 137 cm³/mol. The number of fused-ring (bicyclic) bond motifs is 5. The zero-order chi connectivity index (χ0) is 23.8. The summed E-state index contributed by atoms with van der Waals surface area (Å²) in [6.45, 7) is 0.516. The van der Waals surface area contributed by atoms with Gasteiger partial charge in [0.15, 0.2) is 5.78 Å². The largest absolute Gasteiger partial charge is 0.488 e. The first-order valence-corrected chi connectivity index (χ1v) is 12.1. The Labute approximate surface area is 204 Å². The smallest absolute Gasteiger partial charge is 0.169 e. The fourth-order valence-corrected chi connectivity index (χ4v) is 5.28. The topological polar surface area (TPSA) is 26.3 Å². The highest BCUT2D eigenvalue weighted by atomic mass is 19.1. The van der Waals surface area contributed by atoms with Crippen LogP contribution in [0.1, 0.15) is 33.5 Å². The van der Waals surface area contributed by atoms with Gasteiger partial charge in [0.05, 0.1) is 0 Å². The van der Waals surface area contributed by atoms with Crippen LogP contribution >= 0.6 is 0 Å². The zero-order valence-corrected chi connectivity index (χ0v) is 19.3. The minimum absolute atomic E-state index is 0.0522. The Balaban J connectivity index is 1.40. The summed E-state index contributed by atoms with van der Waals surface area (Å²) in [5.74, 6) is 0.401. The number of hydrogen-bond acceptors (Lipinski definition) is 2. The number of hydrogen-bond donors (Lipinski definition) is 0. The Morgan fingerprint density at radius 1 is 0.857 bits per heavy atom. The van der Waals surface area contributed by atoms with E-state index in [0.29, 0.717) is 12.2 Å². The lowest BCUT2D eigenvalue weighted by atomic mass is 9.82. The molecule has 3 heteroatoms. The quantitative estimate of drug-likeness (QED) is 0.361. The Kier molecular flexibility index (Phi) is 5.54. The van der Waals surface area contributed by atoms with Gasteiger partial charge in [-0.25, -0.2) is 4.39 Å². The molecule has 0 aliphatic heterocycles. The van der Waals surface area contributed by atoms with E-state index in [1.165, 1.54) is 28.5 Å². The van der Waals surface area contributed by atoms with Crippen LogP contribution in [0, 0.1) is 11.7 Å². The lowest BCUT2D eigenvalue weighted by Gasteiger charge is -2.23. The van der Waals surface area contributed by atoms with E-state index < -0.39 is 0 Å². The monoisotopic (exact) mass is 460 g/mol. The molecule has 0 N–H and O–H groups in total. The normalized spacial score (nSPS) is 15.6. The van der Waals surface area contributed by atoms with E-state index in [0.717, 1.165) is 46.9 Å². The van der Waals surface area contributed by atoms with Crippen molar-refractivity contribution < 1.29 is 13.9 Å². The molecule has 172 valence electrons. The fourth-order valence-electron chi connectivity index (χ4n) is 5.28. The maximum absolute atomic E-state index is 13.3. The second-order valence-corrected chi connectivity index (χ2v) is 9.26. The lowest BCUT2D eigenvalue weighted by Crippen LogP contribution is -2.37. The summed E-state index contributed by atoms with van der Waals surface area (Å²) in [7, 11) is 0. The van der Waals surface area contributed by atoms with Gasteiger partial charge < -0.3 is 4.74 Å². The highest BCUT2D eigenvalue weighted by Gasteiger charge is 2.24. The third-order valence-electron chi connectivity index (χ3n) is 7.08. The number of ether oxygens (including phenoxy) is 1. The van der Waals surface area contributed by atoms with Gasteiger partial charge in [-0.3, -0.25) is 4.79 Å². The van der Waals surface area contributed by atoms with Crippen molar-refractivity contribution in [1.82, 2.24) is 0 Å². The Bertz CT molecular complexity index is 1540. The third kappa shape index (κ3) is 4.08. The second kappa shape index (κ2) is 8.99. The van der Waals surface area contributed by atoms with E-state index in [-0.39, 0.29) is 17.5 Å². The highest BCUT2D eigenvalue weighted by molar-refractivity contribution is 6.01. The summed E-state index contributed by atoms with van der Waals surface area (Å²) in [4.78, 5) is 13.2. The number of carbonyl (C=O) groups excluding carboxylic acids is 1. The average Bonchev–Trinajstić information content (AvgIpc) is 2.91. The number of aryl methyl sites for hydroxylation is 1. The van der Waals surface area contributed by atoms with Gasteiger partial charge in [-0.15, -0.1) is 0 Å². The van der Waals surface area contributed by atoms with Crippen LogP contribution in [-0.2, 0) is 19.4 Å². The van der Waals surface area contributed by atoms with E-state index in [1.807, 2.05) is 24.3 Å². The third-order valence-corrected chi connectivity index (χ3v) is 7.08. The molecule has 4 aromatic carbocycles. The van der Waals surface area contributed by atoms with E-state index in [1.54, 1.807) is 12.1 Å². The van der Waals surface area contributed by atoms with Gasteiger partial charge in [0.2, 0.25) is 0 Å². The van der Waals surface area contributed by atoms with Gasteiger partial charge in [0, 0.05) is 17.0 Å². The summed E-state index contributed by atoms with van der Waals surface area (Å²) >= 11 is 0. The molecule has 0 saturated carbocycles. The summed E-state index contributed by atoms with van der Waals surface area (Å²) in [6, 6.07) is 26.7. The standard InChI is InChI=1S/C32H25FO2/c33-26-15-11-24(12-16-26)32(34)25-10-9-22-13-18-28-27(29(22)19-25)17-14-23-7-4-8-30(31(23)28)35-20-21-5-2-1-3-6-21/h1-8,11-13,15-19,25H,9-10,14,20H2. The number of benzene rings is 4. The van der Waals surface area contributed by atoms with Crippen LogP contribution in [0.15, 0.2) is 84.9 Å². The van der Waals surface area contributed by atoms with Crippen LogP contribution in [0.25, 0.3) is 23.3 Å². The van der Waals surface area contributed by atoms with Crippen molar-refractivity contribution in [3.8, 4) is 16.9 Å². The molecule has 0 bridgehead atoms. The molecule has 1 unspecified atom stereocenters. The van der Waals surface area contributed by atoms with Crippen LogP contribution in [-0.4, -0.2) is 5.78 Å². The molecule has 2 aliphatic carbocycles. The molecular formula is C32H25FO2. The minimum Gasteiger partial charge on any atom is -0.488 e. The second-order valence-electron chi connectivity index (χ2n) is 9.26. The molecule has 0 fully saturated rings. The first kappa shape index (κ1) is 21.5. The number of rotatable bonds is 5. The van der Waals surface area contributed by atoms with Gasteiger partial charge in [-0.1, -0.05) is 66.7 Å². The van der Waals surface area contributed by atoms with Crippen molar-refractivity contribution in [2.45, 2.75) is 25.9 Å². The molecule has 2 nitrogen and oxygen atoms in total. The maximum atomic E-state index is 13.3. The summed E-state index contributed by atoms with van der Waals surface area (Å²) < 4.78 is 19.7. The van der Waals surface area contributed by atoms with Crippen molar-refractivity contribution >= 4 is 17.9 Å². The molecule has 0 heterocycles. The van der Waals surface area contributed by atoms with Crippen LogP contribution in [0.4, 0.5) is 4.39 Å². The van der Waals surface area contributed by atoms with Crippen molar-refractivity contribution in [3.05, 3.63) is 123 Å². The molecule has 0 aromatic heterocycles. The summed E-state index contributed by atoms with van der Waals surface area (Å²) in [5, 5.41) is 2.33. The van der Waals surface area contributed by atoms with Gasteiger partial charge in [-0.2, -0.15) is 0 Å². The molecule has 0 amide bonds. The molecule has 0 spiro atoms. The van der Waals surface area contributed by atoms with Crippen LogP contribution in [0.3, 0.4) is 0 Å². The van der Waals surface area contributed by atoms with Crippen molar-refractivity contribution in [3.63, 3.8) is 0 Å². The molecule has 6 rings (SSSR count). The lowest BCUT2D eigenvalue weighted by molar-refractivity contribution is 0.0946. The molecular weight excluding hydrogens is 435 g/mol. The Morgan fingerprint density at radius 3 is 2.51 bits per heavy atom. The highest BCUT2D eigenvalue weighted by Crippen LogP contribution is 2.35.